The fraction of sp³-hybridized carbons (Fsp3) is 0.500. The van der Waals surface area contributed by atoms with E-state index in [9.17, 15) is 0 Å². The van der Waals surface area contributed by atoms with Crippen LogP contribution in [0, 0.1) is 35.5 Å². The summed E-state index contributed by atoms with van der Waals surface area (Å²) in [5.41, 5.74) is 0. The van der Waals surface area contributed by atoms with Crippen molar-refractivity contribution in [1.29, 1.82) is 0 Å². The van der Waals surface area contributed by atoms with E-state index >= 15 is 0 Å². The highest BCUT2D eigenvalue weighted by Gasteiger charge is 2.18. The first-order valence-electron chi connectivity index (χ1n) is 4.72. The third-order valence-corrected chi connectivity index (χ3v) is 2.32. The zero-order valence-electron chi connectivity index (χ0n) is 8.03. The molecule has 0 radical (unpaired) electrons. The molecule has 1 rings (SSSR count). The van der Waals surface area contributed by atoms with E-state index in [0.29, 0.717) is 12.8 Å². The van der Waals surface area contributed by atoms with Gasteiger partial charge in [0, 0.05) is 26.1 Å². The first-order valence-corrected chi connectivity index (χ1v) is 4.72. The van der Waals surface area contributed by atoms with Crippen LogP contribution in [0.3, 0.4) is 0 Å². The fourth-order valence-electron chi connectivity index (χ4n) is 1.34. The molecule has 0 saturated carbocycles. The van der Waals surface area contributed by atoms with E-state index in [2.05, 4.69) is 23.7 Å². The molecule has 74 valence electrons. The number of allylic oxidation sites excluding steroid dienone is 2. The lowest BCUT2D eigenvalue weighted by Crippen LogP contribution is -2.21. The third kappa shape index (κ3) is 3.26. The summed E-state index contributed by atoms with van der Waals surface area (Å²) in [6.07, 6.45) is 4.66. The van der Waals surface area contributed by atoms with Crippen LogP contribution in [0.25, 0.3) is 0 Å². The minimum Gasteiger partial charge on any atom is -0.396 e. The van der Waals surface area contributed by atoms with E-state index in [4.69, 9.17) is 10.2 Å². The van der Waals surface area contributed by atoms with Gasteiger partial charge in [-0.15, -0.1) is 0 Å². The second-order valence-electron chi connectivity index (χ2n) is 3.27. The van der Waals surface area contributed by atoms with Gasteiger partial charge in [-0.3, -0.25) is 0 Å². The van der Waals surface area contributed by atoms with Crippen LogP contribution < -0.4 is 0 Å². The molecule has 0 heterocycles. The van der Waals surface area contributed by atoms with Gasteiger partial charge in [-0.1, -0.05) is 23.7 Å². The molecule has 1 aliphatic rings. The Morgan fingerprint density at radius 1 is 0.929 bits per heavy atom. The first kappa shape index (κ1) is 10.9. The Morgan fingerprint density at radius 2 is 1.36 bits per heavy atom. The summed E-state index contributed by atoms with van der Waals surface area (Å²) in [4.78, 5) is 0. The van der Waals surface area contributed by atoms with E-state index in [0.717, 1.165) is 0 Å². The maximum atomic E-state index is 9.13. The summed E-state index contributed by atoms with van der Waals surface area (Å²) in [6, 6.07) is 0. The smallest absolute Gasteiger partial charge is 0.0472 e. The molecule has 0 aromatic heterocycles. The normalized spacial score (nSPS) is 27.9. The van der Waals surface area contributed by atoms with Gasteiger partial charge < -0.3 is 10.2 Å². The number of aliphatic hydroxyl groups excluding tert-OH is 2. The fourth-order valence-corrected chi connectivity index (χ4v) is 1.34. The van der Waals surface area contributed by atoms with Gasteiger partial charge in [0.15, 0.2) is 0 Å². The maximum absolute atomic E-state index is 9.13. The molecule has 0 unspecified atom stereocenters. The Hall–Kier alpha value is -1.22. The van der Waals surface area contributed by atoms with Crippen LogP contribution in [0.5, 0.6) is 0 Å². The molecule has 0 amide bonds. The number of rotatable bonds is 2. The van der Waals surface area contributed by atoms with Crippen LogP contribution in [0.1, 0.15) is 12.8 Å². The highest BCUT2D eigenvalue weighted by molar-refractivity contribution is 5.25. The minimum absolute atomic E-state index is 0.0355. The molecule has 2 atom stereocenters. The number of hydrogen-bond acceptors (Lipinski definition) is 2. The van der Waals surface area contributed by atoms with Gasteiger partial charge in [-0.25, -0.2) is 0 Å². The van der Waals surface area contributed by atoms with Gasteiger partial charge in [0.25, 0.3) is 0 Å². The Balaban J connectivity index is 2.74. The van der Waals surface area contributed by atoms with Crippen molar-refractivity contribution in [3.63, 3.8) is 0 Å². The zero-order valence-corrected chi connectivity index (χ0v) is 8.03. The van der Waals surface area contributed by atoms with Gasteiger partial charge in [0.05, 0.1) is 0 Å². The summed E-state index contributed by atoms with van der Waals surface area (Å²) in [6.45, 7) is 0.122. The lowest BCUT2D eigenvalue weighted by Gasteiger charge is -2.19. The molecular weight excluding hydrogens is 176 g/mol. The molecule has 14 heavy (non-hydrogen) atoms. The standard InChI is InChI=1S/C12H14O2/c13-9-11-7-5-3-1-2-4-6-8-12(11)10-14/h1-2,11-14H,7-10H2/b2-1+/t11-,12-/m0/s1. The van der Waals surface area contributed by atoms with Crippen molar-refractivity contribution in [1.82, 2.24) is 0 Å². The average molecular weight is 190 g/mol. The van der Waals surface area contributed by atoms with E-state index < -0.39 is 0 Å². The SMILES string of the molecule is OC[C@@H]1CC#C/C=C/C#CC[C@H]1CO. The summed E-state index contributed by atoms with van der Waals surface area (Å²) in [5, 5.41) is 18.3. The summed E-state index contributed by atoms with van der Waals surface area (Å²) in [5.74, 6) is 11.6. The highest BCUT2D eigenvalue weighted by atomic mass is 16.3. The molecule has 2 heteroatoms. The lowest BCUT2D eigenvalue weighted by atomic mass is 9.88. The molecule has 1 aliphatic carbocycles. The molecule has 0 aromatic carbocycles. The topological polar surface area (TPSA) is 40.5 Å². The van der Waals surface area contributed by atoms with Gasteiger partial charge in [0.1, 0.15) is 0 Å². The minimum atomic E-state index is 0.0355. The molecule has 0 spiro atoms. The zero-order chi connectivity index (χ0) is 10.2. The molecule has 0 saturated heterocycles. The monoisotopic (exact) mass is 190 g/mol. The lowest BCUT2D eigenvalue weighted by molar-refractivity contribution is 0.125. The molecule has 0 aliphatic heterocycles. The van der Waals surface area contributed by atoms with Crippen molar-refractivity contribution in [2.24, 2.45) is 11.8 Å². The predicted molar refractivity (Wildman–Crippen MR) is 55.1 cm³/mol. The van der Waals surface area contributed by atoms with E-state index in [-0.39, 0.29) is 25.0 Å². The third-order valence-electron chi connectivity index (χ3n) is 2.32. The molecule has 2 nitrogen and oxygen atoms in total. The van der Waals surface area contributed by atoms with Gasteiger partial charge in [-0.05, 0) is 24.0 Å². The van der Waals surface area contributed by atoms with Crippen molar-refractivity contribution < 1.29 is 10.2 Å². The van der Waals surface area contributed by atoms with Crippen molar-refractivity contribution in [2.45, 2.75) is 12.8 Å². The van der Waals surface area contributed by atoms with Crippen molar-refractivity contribution in [3.05, 3.63) is 12.2 Å². The van der Waals surface area contributed by atoms with Gasteiger partial charge in [0.2, 0.25) is 0 Å². The Bertz CT molecular complexity index is 277. The number of hydrogen-bond donors (Lipinski definition) is 2. The summed E-state index contributed by atoms with van der Waals surface area (Å²) < 4.78 is 0. The molecular formula is C12H14O2. The molecule has 0 fully saturated rings. The average Bonchev–Trinajstić information content (AvgIpc) is 2.24. The second-order valence-corrected chi connectivity index (χ2v) is 3.27. The summed E-state index contributed by atoms with van der Waals surface area (Å²) in [7, 11) is 0. The van der Waals surface area contributed by atoms with Crippen molar-refractivity contribution in [2.75, 3.05) is 13.2 Å². The van der Waals surface area contributed by atoms with Crippen LogP contribution >= 0.6 is 0 Å². The highest BCUT2D eigenvalue weighted by Crippen LogP contribution is 2.18. The van der Waals surface area contributed by atoms with Gasteiger partial charge >= 0.3 is 0 Å². The Morgan fingerprint density at radius 3 is 1.71 bits per heavy atom. The van der Waals surface area contributed by atoms with E-state index in [1.54, 1.807) is 12.2 Å². The van der Waals surface area contributed by atoms with E-state index in [1.807, 2.05) is 0 Å². The Kier molecular flexibility index (Phi) is 4.86. The molecule has 2 N–H and O–H groups in total. The first-order chi connectivity index (χ1) is 6.88. The van der Waals surface area contributed by atoms with Crippen LogP contribution in [0.4, 0.5) is 0 Å². The molecule has 0 bridgehead atoms. The van der Waals surface area contributed by atoms with Crippen LogP contribution in [-0.4, -0.2) is 23.4 Å². The largest absolute Gasteiger partial charge is 0.396 e. The van der Waals surface area contributed by atoms with Crippen LogP contribution in [-0.2, 0) is 0 Å². The predicted octanol–water partition coefficient (Wildman–Crippen LogP) is 0.560. The summed E-state index contributed by atoms with van der Waals surface area (Å²) >= 11 is 0. The maximum Gasteiger partial charge on any atom is 0.0472 e. The quantitative estimate of drug-likeness (QED) is 0.625. The van der Waals surface area contributed by atoms with Crippen LogP contribution in [0.15, 0.2) is 12.2 Å². The Labute approximate surface area is 84.6 Å². The van der Waals surface area contributed by atoms with Crippen molar-refractivity contribution >= 4 is 0 Å². The van der Waals surface area contributed by atoms with Gasteiger partial charge in [-0.2, -0.15) is 0 Å². The number of aliphatic hydroxyl groups is 2. The van der Waals surface area contributed by atoms with Crippen LogP contribution in [0.2, 0.25) is 0 Å². The van der Waals surface area contributed by atoms with E-state index in [1.165, 1.54) is 0 Å². The van der Waals surface area contributed by atoms with Crippen molar-refractivity contribution in [3.8, 4) is 23.7 Å². The molecule has 0 aromatic rings. The second kappa shape index (κ2) is 6.27.